The van der Waals surface area contributed by atoms with Crippen LogP contribution in [-0.4, -0.2) is 43.3 Å². The van der Waals surface area contributed by atoms with Gasteiger partial charge in [-0.15, -0.1) is 0 Å². The predicted octanol–water partition coefficient (Wildman–Crippen LogP) is -0.0884. The summed E-state index contributed by atoms with van der Waals surface area (Å²) in [5.41, 5.74) is 0. The third-order valence-corrected chi connectivity index (χ3v) is 0.731. The minimum absolute atomic E-state index is 0.284. The number of rotatable bonds is 1. The van der Waals surface area contributed by atoms with Crippen LogP contribution in [0.5, 0.6) is 0 Å². The van der Waals surface area contributed by atoms with Gasteiger partial charge >= 0.3 is 0 Å². The molecule has 0 saturated heterocycles. The molecule has 0 aromatic carbocycles. The molecular weight excluding hydrogens is 154 g/mol. The molecular formula is C4H11N3O4. The minimum atomic E-state index is -0.764. The summed E-state index contributed by atoms with van der Waals surface area (Å²) < 4.78 is 0. The number of hydroxylamine groups is 4. The Morgan fingerprint density at radius 1 is 1.09 bits per heavy atom. The lowest BCUT2D eigenvalue weighted by Gasteiger charge is -2.15. The van der Waals surface area contributed by atoms with Gasteiger partial charge in [0.1, 0.15) is 0 Å². The van der Waals surface area contributed by atoms with Gasteiger partial charge in [0.05, 0.1) is 0 Å². The Kier molecular flexibility index (Phi) is 3.76. The van der Waals surface area contributed by atoms with E-state index in [1.807, 2.05) is 0 Å². The zero-order valence-corrected chi connectivity index (χ0v) is 6.21. The van der Waals surface area contributed by atoms with Crippen LogP contribution in [0.4, 0.5) is 0 Å². The standard InChI is InChI=1S/C4H11N3O4/c1-3(2)5-4(6(8)9)7(10)11/h3,8-11H,1-2H3. The lowest BCUT2D eigenvalue weighted by atomic mass is 10.4. The molecule has 0 aliphatic carbocycles. The van der Waals surface area contributed by atoms with E-state index in [9.17, 15) is 0 Å². The van der Waals surface area contributed by atoms with E-state index in [4.69, 9.17) is 20.8 Å². The van der Waals surface area contributed by atoms with Crippen molar-refractivity contribution in [3.63, 3.8) is 0 Å². The quantitative estimate of drug-likeness (QED) is 0.246. The molecule has 0 aromatic heterocycles. The van der Waals surface area contributed by atoms with Crippen molar-refractivity contribution in [1.29, 1.82) is 0 Å². The molecule has 66 valence electrons. The first-order valence-corrected chi connectivity index (χ1v) is 2.88. The summed E-state index contributed by atoms with van der Waals surface area (Å²) >= 11 is 0. The zero-order valence-electron chi connectivity index (χ0n) is 6.21. The van der Waals surface area contributed by atoms with Gasteiger partial charge < -0.3 is 0 Å². The predicted molar refractivity (Wildman–Crippen MR) is 33.4 cm³/mol. The summed E-state index contributed by atoms with van der Waals surface area (Å²) in [4.78, 5) is 3.44. The molecule has 0 aliphatic heterocycles. The summed E-state index contributed by atoms with van der Waals surface area (Å²) in [6.07, 6.45) is 0. The molecule has 4 N–H and O–H groups in total. The van der Waals surface area contributed by atoms with Gasteiger partial charge in [-0.3, -0.25) is 20.8 Å². The molecule has 0 heterocycles. The molecule has 7 nitrogen and oxygen atoms in total. The first kappa shape index (κ1) is 10.1. The lowest BCUT2D eigenvalue weighted by molar-refractivity contribution is -0.311. The smallest absolute Gasteiger partial charge is 0.261 e. The fraction of sp³-hybridized carbons (Fsp3) is 0.750. The van der Waals surface area contributed by atoms with Gasteiger partial charge in [0.25, 0.3) is 5.96 Å². The monoisotopic (exact) mass is 165 g/mol. The van der Waals surface area contributed by atoms with E-state index >= 15 is 0 Å². The van der Waals surface area contributed by atoms with E-state index in [1.54, 1.807) is 13.8 Å². The fourth-order valence-electron chi connectivity index (χ4n) is 0.414. The number of hydrogen-bond donors (Lipinski definition) is 4. The Morgan fingerprint density at radius 2 is 1.45 bits per heavy atom. The first-order chi connectivity index (χ1) is 4.95. The Balaban J connectivity index is 4.33. The summed E-state index contributed by atoms with van der Waals surface area (Å²) in [5.74, 6) is -0.764. The second-order valence-electron chi connectivity index (χ2n) is 2.10. The average Bonchev–Trinajstić information content (AvgIpc) is 1.81. The Hall–Kier alpha value is -0.890. The highest BCUT2D eigenvalue weighted by Gasteiger charge is 2.12. The summed E-state index contributed by atoms with van der Waals surface area (Å²) in [5, 5.41) is 32.3. The van der Waals surface area contributed by atoms with E-state index in [1.165, 1.54) is 0 Å². The van der Waals surface area contributed by atoms with Gasteiger partial charge in [0.15, 0.2) is 0 Å². The second-order valence-corrected chi connectivity index (χ2v) is 2.10. The summed E-state index contributed by atoms with van der Waals surface area (Å²) in [7, 11) is 0. The topological polar surface area (TPSA) is 99.8 Å². The third-order valence-electron chi connectivity index (χ3n) is 0.731. The molecule has 0 atom stereocenters. The molecule has 0 rings (SSSR count). The van der Waals surface area contributed by atoms with Crippen LogP contribution in [0, 0.1) is 0 Å². The van der Waals surface area contributed by atoms with Crippen molar-refractivity contribution in [2.75, 3.05) is 0 Å². The lowest BCUT2D eigenvalue weighted by Crippen LogP contribution is -2.37. The van der Waals surface area contributed by atoms with Crippen LogP contribution >= 0.6 is 0 Å². The minimum Gasteiger partial charge on any atom is -0.261 e. The van der Waals surface area contributed by atoms with Crippen LogP contribution in [0.25, 0.3) is 0 Å². The van der Waals surface area contributed by atoms with Crippen molar-refractivity contribution in [3.05, 3.63) is 0 Å². The Morgan fingerprint density at radius 3 is 1.55 bits per heavy atom. The molecule has 0 amide bonds. The van der Waals surface area contributed by atoms with Crippen molar-refractivity contribution in [2.45, 2.75) is 19.9 Å². The fourth-order valence-corrected chi connectivity index (χ4v) is 0.414. The Bertz CT molecular complexity index is 134. The van der Waals surface area contributed by atoms with Crippen molar-refractivity contribution in [2.24, 2.45) is 4.99 Å². The van der Waals surface area contributed by atoms with Crippen LogP contribution in [-0.2, 0) is 0 Å². The van der Waals surface area contributed by atoms with Gasteiger partial charge in [-0.2, -0.15) is 0 Å². The number of nitrogens with zero attached hydrogens (tertiary/aromatic N) is 3. The normalized spacial score (nSPS) is 9.73. The van der Waals surface area contributed by atoms with Crippen LogP contribution < -0.4 is 0 Å². The molecule has 0 spiro atoms. The molecule has 0 radical (unpaired) electrons. The van der Waals surface area contributed by atoms with Crippen LogP contribution in [0.15, 0.2) is 4.99 Å². The highest BCUT2D eigenvalue weighted by Crippen LogP contribution is 1.92. The molecule has 0 aromatic rings. The van der Waals surface area contributed by atoms with Crippen LogP contribution in [0.3, 0.4) is 0 Å². The van der Waals surface area contributed by atoms with E-state index in [-0.39, 0.29) is 6.04 Å². The van der Waals surface area contributed by atoms with Crippen molar-refractivity contribution in [3.8, 4) is 0 Å². The van der Waals surface area contributed by atoms with Gasteiger partial charge in [0, 0.05) is 6.04 Å². The number of hydrogen-bond acceptors (Lipinski definition) is 5. The first-order valence-electron chi connectivity index (χ1n) is 2.88. The molecule has 0 fully saturated rings. The van der Waals surface area contributed by atoms with E-state index in [2.05, 4.69) is 4.99 Å². The van der Waals surface area contributed by atoms with Crippen LogP contribution in [0.1, 0.15) is 13.8 Å². The molecule has 0 bridgehead atoms. The van der Waals surface area contributed by atoms with E-state index in [0.29, 0.717) is 0 Å². The zero-order chi connectivity index (χ0) is 9.02. The highest BCUT2D eigenvalue weighted by atomic mass is 16.8. The SMILES string of the molecule is CC(C)N=C(N(O)O)N(O)O. The van der Waals surface area contributed by atoms with Gasteiger partial charge in [-0.05, 0) is 13.8 Å². The van der Waals surface area contributed by atoms with Crippen molar-refractivity contribution >= 4 is 5.96 Å². The largest absolute Gasteiger partial charge is 0.300 e. The maximum Gasteiger partial charge on any atom is 0.300 e. The highest BCUT2D eigenvalue weighted by molar-refractivity contribution is 5.75. The second kappa shape index (κ2) is 4.09. The Labute approximate surface area is 63.2 Å². The number of guanidine groups is 1. The molecule has 0 aliphatic rings. The third kappa shape index (κ3) is 3.73. The molecule has 7 heteroatoms. The van der Waals surface area contributed by atoms with E-state index in [0.717, 1.165) is 0 Å². The molecule has 0 unspecified atom stereocenters. The van der Waals surface area contributed by atoms with Crippen molar-refractivity contribution < 1.29 is 20.8 Å². The van der Waals surface area contributed by atoms with E-state index < -0.39 is 16.4 Å². The van der Waals surface area contributed by atoms with Crippen molar-refractivity contribution in [1.82, 2.24) is 10.5 Å². The summed E-state index contributed by atoms with van der Waals surface area (Å²) in [6, 6.07) is -0.284. The van der Waals surface area contributed by atoms with Gasteiger partial charge in [0.2, 0.25) is 0 Å². The number of aliphatic imine (C=N–C) groups is 1. The maximum absolute atomic E-state index is 8.33. The molecule has 0 saturated carbocycles. The van der Waals surface area contributed by atoms with Gasteiger partial charge in [-0.25, -0.2) is 4.99 Å². The maximum atomic E-state index is 8.33. The average molecular weight is 165 g/mol. The summed E-state index contributed by atoms with van der Waals surface area (Å²) in [6.45, 7) is 3.26. The molecule has 11 heavy (non-hydrogen) atoms. The van der Waals surface area contributed by atoms with Crippen LogP contribution in [0.2, 0.25) is 0 Å². The van der Waals surface area contributed by atoms with Gasteiger partial charge in [-0.1, -0.05) is 10.5 Å².